The monoisotopic (exact) mass is 335 g/mol. The van der Waals surface area contributed by atoms with E-state index in [4.69, 9.17) is 9.15 Å². The third-order valence-electron chi connectivity index (χ3n) is 5.07. The summed E-state index contributed by atoms with van der Waals surface area (Å²) in [6.45, 7) is 7.83. The van der Waals surface area contributed by atoms with Gasteiger partial charge in [-0.25, -0.2) is 4.79 Å². The smallest absolute Gasteiger partial charge is 0.317 e. The van der Waals surface area contributed by atoms with Crippen LogP contribution in [0.1, 0.15) is 38.0 Å². The largest absolute Gasteiger partial charge is 0.468 e. The Morgan fingerprint density at radius 3 is 2.92 bits per heavy atom. The fourth-order valence-corrected chi connectivity index (χ4v) is 3.63. The standard InChI is InChI=1S/C18H29N3O3/c1-2-20(13-15-7-11-23-14-15)18(22)19-12-16(17-6-5-10-24-17)21-8-3-4-9-21/h5-6,10,15-16H,2-4,7-9,11-14H2,1H3,(H,19,22)/t15-,16+/m1/s1. The van der Waals surface area contributed by atoms with Crippen LogP contribution in [0.25, 0.3) is 0 Å². The Morgan fingerprint density at radius 2 is 2.29 bits per heavy atom. The van der Waals surface area contributed by atoms with Gasteiger partial charge in [0.15, 0.2) is 0 Å². The van der Waals surface area contributed by atoms with Crippen LogP contribution in [0.5, 0.6) is 0 Å². The first-order valence-corrected chi connectivity index (χ1v) is 9.16. The molecule has 0 spiro atoms. The highest BCUT2D eigenvalue weighted by Crippen LogP contribution is 2.25. The van der Waals surface area contributed by atoms with Gasteiger partial charge in [0.1, 0.15) is 5.76 Å². The second kappa shape index (κ2) is 8.53. The van der Waals surface area contributed by atoms with Crippen LogP contribution in [-0.2, 0) is 4.74 Å². The van der Waals surface area contributed by atoms with Crippen LogP contribution in [-0.4, -0.2) is 61.8 Å². The van der Waals surface area contributed by atoms with Crippen LogP contribution in [0.15, 0.2) is 22.8 Å². The van der Waals surface area contributed by atoms with Crippen LogP contribution in [0.3, 0.4) is 0 Å². The van der Waals surface area contributed by atoms with Crippen LogP contribution in [0.2, 0.25) is 0 Å². The molecule has 3 heterocycles. The normalized spacial score (nSPS) is 22.6. The number of furan rings is 1. The molecular formula is C18H29N3O3. The summed E-state index contributed by atoms with van der Waals surface area (Å²) in [6, 6.07) is 4.06. The van der Waals surface area contributed by atoms with Crippen LogP contribution in [0, 0.1) is 5.92 Å². The molecule has 0 aromatic carbocycles. The lowest BCUT2D eigenvalue weighted by molar-refractivity contribution is 0.161. The number of carbonyl (C=O) groups is 1. The Bertz CT molecular complexity index is 494. The molecule has 0 bridgehead atoms. The maximum Gasteiger partial charge on any atom is 0.317 e. The molecule has 0 aliphatic carbocycles. The molecule has 3 rings (SSSR count). The number of likely N-dealkylation sites (tertiary alicyclic amines) is 1. The van der Waals surface area contributed by atoms with E-state index in [-0.39, 0.29) is 12.1 Å². The highest BCUT2D eigenvalue weighted by Gasteiger charge is 2.27. The second-order valence-corrected chi connectivity index (χ2v) is 6.73. The van der Waals surface area contributed by atoms with Crippen LogP contribution in [0.4, 0.5) is 4.79 Å². The zero-order valence-electron chi connectivity index (χ0n) is 14.6. The second-order valence-electron chi connectivity index (χ2n) is 6.73. The van der Waals surface area contributed by atoms with Crippen molar-refractivity contribution in [2.24, 2.45) is 5.92 Å². The molecule has 2 aliphatic heterocycles. The number of hydrogen-bond acceptors (Lipinski definition) is 4. The van der Waals surface area contributed by atoms with Crippen molar-refractivity contribution in [3.05, 3.63) is 24.2 Å². The van der Waals surface area contributed by atoms with E-state index in [1.165, 1.54) is 12.8 Å². The lowest BCUT2D eigenvalue weighted by Gasteiger charge is -2.28. The molecule has 134 valence electrons. The van der Waals surface area contributed by atoms with Gasteiger partial charge >= 0.3 is 6.03 Å². The Kier molecular flexibility index (Phi) is 6.15. The zero-order chi connectivity index (χ0) is 16.8. The maximum atomic E-state index is 12.6. The van der Waals surface area contributed by atoms with Gasteiger partial charge in [-0.3, -0.25) is 4.90 Å². The first kappa shape index (κ1) is 17.3. The van der Waals surface area contributed by atoms with Crippen molar-refractivity contribution in [3.8, 4) is 0 Å². The van der Waals surface area contributed by atoms with E-state index in [1.807, 2.05) is 24.0 Å². The fourth-order valence-electron chi connectivity index (χ4n) is 3.63. The molecule has 2 atom stereocenters. The molecule has 0 saturated carbocycles. The average Bonchev–Trinajstić information content (AvgIpc) is 3.34. The molecule has 2 amide bonds. The van der Waals surface area contributed by atoms with Gasteiger partial charge in [-0.15, -0.1) is 0 Å². The molecule has 2 aliphatic rings. The lowest BCUT2D eigenvalue weighted by Crippen LogP contribution is -2.45. The van der Waals surface area contributed by atoms with Crippen molar-refractivity contribution >= 4 is 6.03 Å². The topological polar surface area (TPSA) is 58.0 Å². The summed E-state index contributed by atoms with van der Waals surface area (Å²) >= 11 is 0. The van der Waals surface area contributed by atoms with Gasteiger partial charge in [-0.05, 0) is 51.4 Å². The summed E-state index contributed by atoms with van der Waals surface area (Å²) in [5, 5.41) is 3.12. The van der Waals surface area contributed by atoms with E-state index in [9.17, 15) is 4.79 Å². The van der Waals surface area contributed by atoms with E-state index in [0.717, 1.165) is 51.6 Å². The highest BCUT2D eigenvalue weighted by molar-refractivity contribution is 5.74. The number of ether oxygens (including phenoxy) is 1. The van der Waals surface area contributed by atoms with Gasteiger partial charge in [-0.2, -0.15) is 0 Å². The van der Waals surface area contributed by atoms with Gasteiger partial charge in [-0.1, -0.05) is 0 Å². The summed E-state index contributed by atoms with van der Waals surface area (Å²) in [6.07, 6.45) is 5.19. The van der Waals surface area contributed by atoms with Gasteiger partial charge in [0.25, 0.3) is 0 Å². The number of urea groups is 1. The average molecular weight is 335 g/mol. The van der Waals surface area contributed by atoms with Gasteiger partial charge in [0.2, 0.25) is 0 Å². The first-order chi connectivity index (χ1) is 11.8. The van der Waals surface area contributed by atoms with Crippen molar-refractivity contribution in [3.63, 3.8) is 0 Å². The van der Waals surface area contributed by atoms with Crippen LogP contribution >= 0.6 is 0 Å². The molecule has 2 fully saturated rings. The summed E-state index contributed by atoms with van der Waals surface area (Å²) < 4.78 is 11.0. The number of hydrogen-bond donors (Lipinski definition) is 1. The molecule has 1 aromatic heterocycles. The molecule has 0 radical (unpaired) electrons. The molecule has 0 unspecified atom stereocenters. The SMILES string of the molecule is CCN(C[C@H]1CCOC1)C(=O)NC[C@@H](c1ccco1)N1CCCC1. The lowest BCUT2D eigenvalue weighted by atomic mass is 10.1. The molecule has 24 heavy (non-hydrogen) atoms. The number of amides is 2. The van der Waals surface area contributed by atoms with Gasteiger partial charge in [0.05, 0.1) is 18.9 Å². The Morgan fingerprint density at radius 1 is 1.46 bits per heavy atom. The molecule has 2 saturated heterocycles. The third kappa shape index (κ3) is 4.30. The quantitative estimate of drug-likeness (QED) is 0.832. The number of carbonyl (C=O) groups excluding carboxylic acids is 1. The van der Waals surface area contributed by atoms with E-state index < -0.39 is 0 Å². The molecule has 1 aromatic rings. The molecular weight excluding hydrogens is 306 g/mol. The molecule has 1 N–H and O–H groups in total. The predicted octanol–water partition coefficient (Wildman–Crippen LogP) is 2.48. The van der Waals surface area contributed by atoms with Crippen molar-refractivity contribution in [2.75, 3.05) is 45.9 Å². The predicted molar refractivity (Wildman–Crippen MR) is 91.8 cm³/mol. The van der Waals surface area contributed by atoms with Gasteiger partial charge in [0, 0.05) is 32.2 Å². The number of nitrogens with zero attached hydrogens (tertiary/aromatic N) is 2. The summed E-state index contributed by atoms with van der Waals surface area (Å²) in [7, 11) is 0. The number of nitrogens with one attached hydrogen (secondary N) is 1. The van der Waals surface area contributed by atoms with E-state index >= 15 is 0 Å². The summed E-state index contributed by atoms with van der Waals surface area (Å²) in [5.41, 5.74) is 0. The first-order valence-electron chi connectivity index (χ1n) is 9.16. The summed E-state index contributed by atoms with van der Waals surface area (Å²) in [5.74, 6) is 1.40. The van der Waals surface area contributed by atoms with Crippen LogP contribution < -0.4 is 5.32 Å². The minimum Gasteiger partial charge on any atom is -0.468 e. The minimum absolute atomic E-state index is 0.0140. The summed E-state index contributed by atoms with van der Waals surface area (Å²) in [4.78, 5) is 16.9. The number of rotatable bonds is 7. The minimum atomic E-state index is 0.0140. The van der Waals surface area contributed by atoms with E-state index in [1.54, 1.807) is 6.26 Å². The third-order valence-corrected chi connectivity index (χ3v) is 5.07. The van der Waals surface area contributed by atoms with Crippen molar-refractivity contribution in [1.82, 2.24) is 15.1 Å². The van der Waals surface area contributed by atoms with E-state index in [0.29, 0.717) is 12.5 Å². The fraction of sp³-hybridized carbons (Fsp3) is 0.722. The highest BCUT2D eigenvalue weighted by atomic mass is 16.5. The zero-order valence-corrected chi connectivity index (χ0v) is 14.6. The Hall–Kier alpha value is -1.53. The maximum absolute atomic E-state index is 12.6. The van der Waals surface area contributed by atoms with Gasteiger partial charge < -0.3 is 19.4 Å². The Labute approximate surface area is 144 Å². The van der Waals surface area contributed by atoms with Crippen molar-refractivity contribution in [1.29, 1.82) is 0 Å². The molecule has 6 heteroatoms. The van der Waals surface area contributed by atoms with Crippen molar-refractivity contribution < 1.29 is 13.9 Å². The Balaban J connectivity index is 1.55. The van der Waals surface area contributed by atoms with E-state index in [2.05, 4.69) is 10.2 Å². The molecule has 6 nitrogen and oxygen atoms in total. The van der Waals surface area contributed by atoms with Crippen molar-refractivity contribution in [2.45, 2.75) is 32.2 Å².